The third kappa shape index (κ3) is 1.41. The minimum absolute atomic E-state index is 0.00352. The van der Waals surface area contributed by atoms with Crippen LogP contribution in [0.15, 0.2) is 58.1 Å². The maximum atomic E-state index is 12.2. The normalized spacial score (nSPS) is 16.2. The first kappa shape index (κ1) is 10.4. The van der Waals surface area contributed by atoms with Crippen LogP contribution in [0.3, 0.4) is 0 Å². The van der Waals surface area contributed by atoms with E-state index in [-0.39, 0.29) is 5.43 Å². The van der Waals surface area contributed by atoms with Gasteiger partial charge >= 0.3 is 0 Å². The molecule has 4 rings (SSSR count). The van der Waals surface area contributed by atoms with E-state index in [0.717, 1.165) is 23.4 Å². The van der Waals surface area contributed by atoms with Crippen LogP contribution in [-0.2, 0) is 0 Å². The zero-order valence-corrected chi connectivity index (χ0v) is 10.2. The Balaban J connectivity index is 2.18. The van der Waals surface area contributed by atoms with Gasteiger partial charge in [-0.2, -0.15) is 0 Å². The lowest BCUT2D eigenvalue weighted by Crippen LogP contribution is -2.22. The lowest BCUT2D eigenvalue weighted by atomic mass is 9.95. The number of hydrogen-bond acceptors (Lipinski definition) is 3. The zero-order valence-electron chi connectivity index (χ0n) is 10.2. The highest BCUT2D eigenvalue weighted by Crippen LogP contribution is 2.34. The summed E-state index contributed by atoms with van der Waals surface area (Å²) in [5.41, 5.74) is 3.73. The molecule has 0 N–H and O–H groups in total. The average Bonchev–Trinajstić information content (AvgIpc) is 2.47. The summed E-state index contributed by atoms with van der Waals surface area (Å²) < 4.78 is 5.45. The van der Waals surface area contributed by atoms with Crippen molar-refractivity contribution in [3.63, 3.8) is 0 Å². The predicted molar refractivity (Wildman–Crippen MR) is 75.3 cm³/mol. The molecule has 0 amide bonds. The molecule has 0 atom stereocenters. The van der Waals surface area contributed by atoms with Gasteiger partial charge in [-0.25, -0.2) is 0 Å². The van der Waals surface area contributed by atoms with Crippen LogP contribution in [0.25, 0.3) is 22.7 Å². The van der Waals surface area contributed by atoms with Crippen LogP contribution in [-0.4, -0.2) is 11.4 Å². The molecular formula is C16H11NO2. The quantitative estimate of drug-likeness (QED) is 0.719. The molecule has 0 radical (unpaired) electrons. The summed E-state index contributed by atoms with van der Waals surface area (Å²) in [7, 11) is 0. The van der Waals surface area contributed by atoms with Gasteiger partial charge in [0, 0.05) is 30.1 Å². The third-order valence-electron chi connectivity index (χ3n) is 3.55. The Bertz CT molecular complexity index is 824. The van der Waals surface area contributed by atoms with Gasteiger partial charge in [-0.1, -0.05) is 18.2 Å². The van der Waals surface area contributed by atoms with Gasteiger partial charge in [-0.15, -0.1) is 0 Å². The molecule has 0 aliphatic carbocycles. The summed E-state index contributed by atoms with van der Waals surface area (Å²) in [5.74, 6) is 0. The molecule has 92 valence electrons. The van der Waals surface area contributed by atoms with E-state index in [1.165, 1.54) is 12.3 Å². The average molecular weight is 249 g/mol. The second-order valence-electron chi connectivity index (χ2n) is 4.64. The van der Waals surface area contributed by atoms with Crippen molar-refractivity contribution < 1.29 is 4.42 Å². The number of fused-ring (bicyclic) bond motifs is 5. The maximum Gasteiger partial charge on any atom is 0.193 e. The highest BCUT2D eigenvalue weighted by molar-refractivity contribution is 5.96. The minimum atomic E-state index is 0.00352. The molecule has 2 aromatic rings. The largest absolute Gasteiger partial charge is 0.464 e. The summed E-state index contributed by atoms with van der Waals surface area (Å²) in [6.45, 7) is 0.830. The molecule has 0 unspecified atom stereocenters. The van der Waals surface area contributed by atoms with Gasteiger partial charge < -0.3 is 9.32 Å². The van der Waals surface area contributed by atoms with Gasteiger partial charge in [-0.3, -0.25) is 4.79 Å². The third-order valence-corrected chi connectivity index (χ3v) is 3.55. The number of hydrogen-bond donors (Lipinski definition) is 0. The first-order valence-electron chi connectivity index (χ1n) is 6.21. The van der Waals surface area contributed by atoms with Crippen molar-refractivity contribution >= 4 is 22.7 Å². The summed E-state index contributed by atoms with van der Waals surface area (Å²) in [5, 5.41) is 0.663. The van der Waals surface area contributed by atoms with E-state index in [1.807, 2.05) is 36.6 Å². The maximum absolute atomic E-state index is 12.2. The van der Waals surface area contributed by atoms with Gasteiger partial charge in [0.2, 0.25) is 0 Å². The molecule has 3 heterocycles. The predicted octanol–water partition coefficient (Wildman–Crippen LogP) is 2.99. The molecule has 0 saturated heterocycles. The second kappa shape index (κ2) is 3.72. The molecule has 2 aliphatic rings. The van der Waals surface area contributed by atoms with Crippen molar-refractivity contribution in [1.82, 2.24) is 4.90 Å². The lowest BCUT2D eigenvalue weighted by Gasteiger charge is -2.29. The van der Waals surface area contributed by atoms with Crippen LogP contribution >= 0.6 is 0 Å². The summed E-state index contributed by atoms with van der Waals surface area (Å²) in [4.78, 5) is 14.3. The molecule has 1 aromatic carbocycles. The Kier molecular flexibility index (Phi) is 2.03. The second-order valence-corrected chi connectivity index (χ2v) is 4.64. The molecule has 19 heavy (non-hydrogen) atoms. The lowest BCUT2D eigenvalue weighted by molar-refractivity contribution is 0.585. The van der Waals surface area contributed by atoms with Gasteiger partial charge in [0.15, 0.2) is 5.43 Å². The molecule has 2 aliphatic heterocycles. The topological polar surface area (TPSA) is 33.5 Å². The van der Waals surface area contributed by atoms with Gasteiger partial charge in [-0.05, 0) is 23.8 Å². The van der Waals surface area contributed by atoms with E-state index >= 15 is 0 Å². The number of benzene rings is 1. The van der Waals surface area contributed by atoms with Crippen molar-refractivity contribution in [3.8, 4) is 0 Å². The smallest absolute Gasteiger partial charge is 0.193 e. The molecule has 1 aromatic heterocycles. The Morgan fingerprint density at radius 1 is 1.21 bits per heavy atom. The number of rotatable bonds is 0. The first-order chi connectivity index (χ1) is 9.34. The van der Waals surface area contributed by atoms with E-state index in [0.29, 0.717) is 11.0 Å². The van der Waals surface area contributed by atoms with Crippen molar-refractivity contribution in [2.75, 3.05) is 6.54 Å². The van der Waals surface area contributed by atoms with Gasteiger partial charge in [0.05, 0.1) is 11.6 Å². The van der Waals surface area contributed by atoms with Crippen LogP contribution in [0.2, 0.25) is 0 Å². The van der Waals surface area contributed by atoms with Gasteiger partial charge in [0.25, 0.3) is 0 Å². The standard InChI is InChI=1S/C16H11NO2/c18-13-7-10-19-14-5-4-11-6-9-17-8-2-1-3-12(17)15(11)16(13)14/h1-7,9-10H,8H2. The van der Waals surface area contributed by atoms with Crippen LogP contribution in [0, 0.1) is 0 Å². The van der Waals surface area contributed by atoms with E-state index in [4.69, 9.17) is 4.42 Å². The first-order valence-corrected chi connectivity index (χ1v) is 6.21. The number of allylic oxidation sites excluding steroid dienone is 2. The fourth-order valence-electron chi connectivity index (χ4n) is 2.68. The van der Waals surface area contributed by atoms with Crippen LogP contribution < -0.4 is 5.43 Å². The summed E-state index contributed by atoms with van der Waals surface area (Å²) in [6.07, 6.45) is 11.7. The Labute approximate surface area is 109 Å². The van der Waals surface area contributed by atoms with E-state index in [1.54, 1.807) is 0 Å². The van der Waals surface area contributed by atoms with E-state index in [9.17, 15) is 4.79 Å². The van der Waals surface area contributed by atoms with Crippen molar-refractivity contribution in [3.05, 3.63) is 70.2 Å². The Morgan fingerprint density at radius 3 is 3.11 bits per heavy atom. The van der Waals surface area contributed by atoms with Crippen LogP contribution in [0.5, 0.6) is 0 Å². The molecule has 0 spiro atoms. The molecular weight excluding hydrogens is 238 g/mol. The van der Waals surface area contributed by atoms with Crippen molar-refractivity contribution in [2.24, 2.45) is 0 Å². The van der Waals surface area contributed by atoms with Crippen molar-refractivity contribution in [1.29, 1.82) is 0 Å². The highest BCUT2D eigenvalue weighted by atomic mass is 16.3. The van der Waals surface area contributed by atoms with Crippen molar-refractivity contribution in [2.45, 2.75) is 0 Å². The highest BCUT2D eigenvalue weighted by Gasteiger charge is 2.21. The monoisotopic (exact) mass is 249 g/mol. The fourth-order valence-corrected chi connectivity index (χ4v) is 2.68. The van der Waals surface area contributed by atoms with Gasteiger partial charge in [0.1, 0.15) is 5.58 Å². The minimum Gasteiger partial charge on any atom is -0.464 e. The molecule has 3 heteroatoms. The molecule has 0 saturated carbocycles. The summed E-state index contributed by atoms with van der Waals surface area (Å²) >= 11 is 0. The molecule has 0 bridgehead atoms. The molecule has 3 nitrogen and oxygen atoms in total. The Hall–Kier alpha value is -2.55. The Morgan fingerprint density at radius 2 is 2.16 bits per heavy atom. The zero-order chi connectivity index (χ0) is 12.8. The SMILES string of the molecule is O=c1ccoc2ccc3c(c12)C1=CC=CCN1C=C3. The number of nitrogens with zero attached hydrogens (tertiary/aromatic N) is 1. The fraction of sp³-hybridized carbons (Fsp3) is 0.0625. The van der Waals surface area contributed by atoms with Crippen LogP contribution in [0.1, 0.15) is 11.1 Å². The van der Waals surface area contributed by atoms with E-state index in [2.05, 4.69) is 11.0 Å². The summed E-state index contributed by atoms with van der Waals surface area (Å²) in [6, 6.07) is 5.33. The molecule has 0 fully saturated rings. The van der Waals surface area contributed by atoms with E-state index < -0.39 is 0 Å². The van der Waals surface area contributed by atoms with Crippen LogP contribution in [0.4, 0.5) is 0 Å².